The highest BCUT2D eigenvalue weighted by Crippen LogP contribution is 2.27. The lowest BCUT2D eigenvalue weighted by Crippen LogP contribution is -2.54. The number of carbonyl (C=O) groups excluding carboxylic acids is 2. The Kier molecular flexibility index (Phi) is 4.52. The van der Waals surface area contributed by atoms with E-state index in [9.17, 15) is 14.0 Å². The van der Waals surface area contributed by atoms with Crippen LogP contribution >= 0.6 is 12.2 Å². The molecular formula is C21H16FN3O2S. The van der Waals surface area contributed by atoms with E-state index >= 15 is 0 Å². The lowest BCUT2D eigenvalue weighted by Gasteiger charge is -2.29. The molecule has 0 spiro atoms. The number of fused-ring (bicyclic) bond motifs is 1. The molecule has 140 valence electrons. The van der Waals surface area contributed by atoms with Gasteiger partial charge in [-0.3, -0.25) is 14.9 Å². The van der Waals surface area contributed by atoms with E-state index < -0.39 is 17.6 Å². The highest BCUT2D eigenvalue weighted by Gasteiger charge is 2.35. The highest BCUT2D eigenvalue weighted by atomic mass is 32.1. The first-order valence-corrected chi connectivity index (χ1v) is 9.16. The molecule has 1 aliphatic heterocycles. The maximum atomic E-state index is 14.2. The van der Waals surface area contributed by atoms with E-state index in [1.807, 2.05) is 42.0 Å². The average molecular weight is 393 g/mol. The number of benzene rings is 2. The quantitative estimate of drug-likeness (QED) is 0.420. The third kappa shape index (κ3) is 2.90. The van der Waals surface area contributed by atoms with Crippen molar-refractivity contribution in [1.82, 2.24) is 9.88 Å². The van der Waals surface area contributed by atoms with Crippen LogP contribution in [0, 0.1) is 5.82 Å². The fourth-order valence-corrected chi connectivity index (χ4v) is 3.59. The van der Waals surface area contributed by atoms with Gasteiger partial charge in [-0.05, 0) is 43.4 Å². The van der Waals surface area contributed by atoms with Gasteiger partial charge in [0.25, 0.3) is 11.8 Å². The summed E-state index contributed by atoms with van der Waals surface area (Å²) in [5, 5.41) is 3.25. The third-order valence-corrected chi connectivity index (χ3v) is 4.94. The second-order valence-electron chi connectivity index (χ2n) is 6.30. The minimum Gasteiger partial charge on any atom is -0.347 e. The molecule has 0 saturated carbocycles. The summed E-state index contributed by atoms with van der Waals surface area (Å²) in [6, 6.07) is 13.5. The second-order valence-corrected chi connectivity index (χ2v) is 6.68. The minimum atomic E-state index is -0.660. The lowest BCUT2D eigenvalue weighted by molar-refractivity contribution is -0.122. The topological polar surface area (TPSA) is 54.3 Å². The summed E-state index contributed by atoms with van der Waals surface area (Å²) < 4.78 is 16.3. The van der Waals surface area contributed by atoms with Gasteiger partial charge in [-0.15, -0.1) is 0 Å². The Morgan fingerprint density at radius 2 is 1.82 bits per heavy atom. The number of halogens is 1. The fourth-order valence-electron chi connectivity index (χ4n) is 3.32. The standard InChI is InChI=1S/C21H16FN3O2S/c1-2-24-12-13(14-7-3-5-9-17(14)24)11-15-19(26)23-21(28)25(20(15)27)18-10-6-4-8-16(18)22/h3-12H,2H2,1H3,(H,23,26,28)/b15-11-. The molecule has 1 saturated heterocycles. The molecule has 3 aromatic rings. The Morgan fingerprint density at radius 3 is 2.57 bits per heavy atom. The van der Waals surface area contributed by atoms with Crippen molar-refractivity contribution in [3.05, 3.63) is 71.7 Å². The number of rotatable bonds is 3. The molecule has 2 amide bonds. The Labute approximate surface area is 166 Å². The van der Waals surface area contributed by atoms with Gasteiger partial charge in [0.1, 0.15) is 11.4 Å². The lowest BCUT2D eigenvalue weighted by atomic mass is 10.1. The number of thiocarbonyl (C=S) groups is 1. The Morgan fingerprint density at radius 1 is 1.11 bits per heavy atom. The third-order valence-electron chi connectivity index (χ3n) is 4.65. The molecule has 0 unspecified atom stereocenters. The zero-order valence-electron chi connectivity index (χ0n) is 15.0. The molecular weight excluding hydrogens is 377 g/mol. The molecule has 4 rings (SSSR count). The van der Waals surface area contributed by atoms with Gasteiger partial charge in [0.05, 0.1) is 5.69 Å². The van der Waals surface area contributed by atoms with Gasteiger partial charge in [0.15, 0.2) is 5.11 Å². The van der Waals surface area contributed by atoms with Crippen LogP contribution < -0.4 is 10.2 Å². The maximum Gasteiger partial charge on any atom is 0.270 e. The normalized spacial score (nSPS) is 16.1. The van der Waals surface area contributed by atoms with E-state index in [-0.39, 0.29) is 16.4 Å². The maximum absolute atomic E-state index is 14.2. The van der Waals surface area contributed by atoms with Gasteiger partial charge in [0.2, 0.25) is 0 Å². The van der Waals surface area contributed by atoms with Crippen LogP contribution in [0.15, 0.2) is 60.3 Å². The van der Waals surface area contributed by atoms with Crippen LogP contribution in [0.4, 0.5) is 10.1 Å². The molecule has 1 fully saturated rings. The summed E-state index contributed by atoms with van der Waals surface area (Å²) in [6.45, 7) is 2.76. The molecule has 1 N–H and O–H groups in total. The number of aromatic nitrogens is 1. The minimum absolute atomic E-state index is 0.000568. The predicted octanol–water partition coefficient (Wildman–Crippen LogP) is 3.63. The first-order valence-electron chi connectivity index (χ1n) is 8.75. The molecule has 0 atom stereocenters. The van der Waals surface area contributed by atoms with Gasteiger partial charge < -0.3 is 4.57 Å². The molecule has 7 heteroatoms. The smallest absolute Gasteiger partial charge is 0.270 e. The number of para-hydroxylation sites is 2. The van der Waals surface area contributed by atoms with E-state index in [2.05, 4.69) is 5.32 Å². The summed E-state index contributed by atoms with van der Waals surface area (Å²) in [7, 11) is 0. The Balaban J connectivity index is 1.83. The van der Waals surface area contributed by atoms with Crippen LogP contribution in [0.25, 0.3) is 17.0 Å². The molecule has 0 aliphatic carbocycles. The van der Waals surface area contributed by atoms with Crippen molar-refractivity contribution in [2.24, 2.45) is 0 Å². The van der Waals surface area contributed by atoms with Crippen LogP contribution in [-0.4, -0.2) is 21.5 Å². The number of carbonyl (C=O) groups is 2. The zero-order chi connectivity index (χ0) is 19.8. The number of hydrogen-bond donors (Lipinski definition) is 1. The number of aryl methyl sites for hydroxylation is 1. The number of nitrogens with one attached hydrogen (secondary N) is 1. The van der Waals surface area contributed by atoms with Gasteiger partial charge in [-0.1, -0.05) is 30.3 Å². The molecule has 0 bridgehead atoms. The largest absolute Gasteiger partial charge is 0.347 e. The van der Waals surface area contributed by atoms with Crippen molar-refractivity contribution in [2.45, 2.75) is 13.5 Å². The summed E-state index contributed by atoms with van der Waals surface area (Å²) in [5.74, 6) is -1.86. The van der Waals surface area contributed by atoms with Gasteiger partial charge in [-0.2, -0.15) is 0 Å². The van der Waals surface area contributed by atoms with E-state index in [0.717, 1.165) is 27.9 Å². The zero-order valence-corrected chi connectivity index (χ0v) is 15.8. The number of hydrogen-bond acceptors (Lipinski definition) is 3. The van der Waals surface area contributed by atoms with Gasteiger partial charge in [0, 0.05) is 29.2 Å². The van der Waals surface area contributed by atoms with E-state index in [4.69, 9.17) is 12.2 Å². The average Bonchev–Trinajstić information content (AvgIpc) is 3.04. The molecule has 1 aromatic heterocycles. The highest BCUT2D eigenvalue weighted by molar-refractivity contribution is 7.80. The molecule has 1 aliphatic rings. The van der Waals surface area contributed by atoms with Crippen molar-refractivity contribution in [1.29, 1.82) is 0 Å². The van der Waals surface area contributed by atoms with Crippen molar-refractivity contribution < 1.29 is 14.0 Å². The molecule has 5 nitrogen and oxygen atoms in total. The van der Waals surface area contributed by atoms with E-state index in [0.29, 0.717) is 0 Å². The number of amides is 2. The molecule has 28 heavy (non-hydrogen) atoms. The monoisotopic (exact) mass is 393 g/mol. The second kappa shape index (κ2) is 7.01. The van der Waals surface area contributed by atoms with Crippen molar-refractivity contribution in [3.8, 4) is 0 Å². The van der Waals surface area contributed by atoms with Crippen LogP contribution in [0.2, 0.25) is 0 Å². The Bertz CT molecular complexity index is 1170. The van der Waals surface area contributed by atoms with E-state index in [1.165, 1.54) is 24.3 Å². The molecule has 0 radical (unpaired) electrons. The first kappa shape index (κ1) is 18.1. The first-order chi connectivity index (χ1) is 13.5. The van der Waals surface area contributed by atoms with Crippen molar-refractivity contribution in [3.63, 3.8) is 0 Å². The predicted molar refractivity (Wildman–Crippen MR) is 110 cm³/mol. The van der Waals surface area contributed by atoms with Crippen molar-refractivity contribution in [2.75, 3.05) is 4.90 Å². The van der Waals surface area contributed by atoms with Crippen molar-refractivity contribution >= 4 is 51.8 Å². The van der Waals surface area contributed by atoms with Crippen LogP contribution in [0.5, 0.6) is 0 Å². The fraction of sp³-hybridized carbons (Fsp3) is 0.0952. The van der Waals surface area contributed by atoms with E-state index in [1.54, 1.807) is 6.07 Å². The SMILES string of the molecule is CCn1cc(/C=C2/C(=O)NC(=S)N(c3ccccc3F)C2=O)c2ccccc21. The molecule has 2 aromatic carbocycles. The number of anilines is 1. The van der Waals surface area contributed by atoms with Crippen LogP contribution in [0.3, 0.4) is 0 Å². The van der Waals surface area contributed by atoms with Gasteiger partial charge in [-0.25, -0.2) is 9.29 Å². The van der Waals surface area contributed by atoms with Crippen LogP contribution in [0.1, 0.15) is 12.5 Å². The summed E-state index contributed by atoms with van der Waals surface area (Å²) in [5.41, 5.74) is 1.63. The Hall–Kier alpha value is -3.32. The summed E-state index contributed by atoms with van der Waals surface area (Å²) in [6.07, 6.45) is 3.42. The molecule has 2 heterocycles. The summed E-state index contributed by atoms with van der Waals surface area (Å²) in [4.78, 5) is 26.5. The van der Waals surface area contributed by atoms with Crippen LogP contribution in [-0.2, 0) is 16.1 Å². The summed E-state index contributed by atoms with van der Waals surface area (Å²) >= 11 is 5.12. The number of nitrogens with zero attached hydrogens (tertiary/aromatic N) is 2. The van der Waals surface area contributed by atoms with Gasteiger partial charge >= 0.3 is 0 Å².